The molecule has 0 unspecified atom stereocenters. The Hall–Kier alpha value is -1.11. The molecule has 0 fully saturated rings. The molecule has 108 valence electrons. The molecule has 0 aliphatic heterocycles. The molecule has 19 heavy (non-hydrogen) atoms. The molecule has 1 rings (SSSR count). The lowest BCUT2D eigenvalue weighted by Gasteiger charge is -2.17. The summed E-state index contributed by atoms with van der Waals surface area (Å²) in [6.07, 6.45) is 0.0378. The number of hydrogen-bond donors (Lipinski definition) is 2. The van der Waals surface area contributed by atoms with Gasteiger partial charge in [-0.15, -0.1) is 0 Å². The van der Waals surface area contributed by atoms with Gasteiger partial charge in [-0.25, -0.2) is 13.1 Å². The second-order valence-corrected chi connectivity index (χ2v) is 7.04. The quantitative estimate of drug-likeness (QED) is 0.832. The third kappa shape index (κ3) is 5.59. The Labute approximate surface area is 114 Å². The summed E-state index contributed by atoms with van der Waals surface area (Å²) >= 11 is 0. The number of hydrogen-bond acceptors (Lipinski definition) is 4. The second kappa shape index (κ2) is 5.90. The van der Waals surface area contributed by atoms with Gasteiger partial charge in [0.15, 0.2) is 0 Å². The van der Waals surface area contributed by atoms with Gasteiger partial charge in [0, 0.05) is 6.54 Å². The normalized spacial score (nSPS) is 12.7. The van der Waals surface area contributed by atoms with E-state index in [9.17, 15) is 13.5 Å². The van der Waals surface area contributed by atoms with E-state index in [4.69, 9.17) is 4.74 Å². The van der Waals surface area contributed by atoms with Crippen molar-refractivity contribution in [3.8, 4) is 5.75 Å². The smallest absolute Gasteiger partial charge is 0.240 e. The summed E-state index contributed by atoms with van der Waals surface area (Å²) in [7, 11) is -3.60. The van der Waals surface area contributed by atoms with Crippen LogP contribution in [0.3, 0.4) is 0 Å². The van der Waals surface area contributed by atoms with Gasteiger partial charge in [0.25, 0.3) is 0 Å². The first kappa shape index (κ1) is 15.9. The van der Waals surface area contributed by atoms with Gasteiger partial charge in [-0.05, 0) is 52.0 Å². The van der Waals surface area contributed by atoms with Crippen LogP contribution >= 0.6 is 0 Å². The maximum atomic E-state index is 11.9. The molecule has 0 aliphatic rings. The summed E-state index contributed by atoms with van der Waals surface area (Å²) < 4.78 is 31.7. The number of aliphatic hydroxyl groups is 1. The number of ether oxygens (including phenoxy) is 1. The van der Waals surface area contributed by atoms with Crippen LogP contribution < -0.4 is 9.46 Å². The van der Waals surface area contributed by atoms with E-state index in [1.165, 1.54) is 26.0 Å². The predicted octanol–water partition coefficient (Wildman–Crippen LogP) is 1.52. The molecule has 1 aromatic carbocycles. The van der Waals surface area contributed by atoms with Crippen molar-refractivity contribution in [2.24, 2.45) is 0 Å². The van der Waals surface area contributed by atoms with E-state index >= 15 is 0 Å². The molecular weight excluding hydrogens is 266 g/mol. The molecule has 5 nitrogen and oxygen atoms in total. The van der Waals surface area contributed by atoms with Gasteiger partial charge < -0.3 is 9.84 Å². The van der Waals surface area contributed by atoms with E-state index in [0.717, 1.165) is 0 Å². The van der Waals surface area contributed by atoms with E-state index in [2.05, 4.69) is 4.72 Å². The lowest BCUT2D eigenvalue weighted by molar-refractivity contribution is 0.0857. The molecular formula is C13H21NO4S. The lowest BCUT2D eigenvalue weighted by Crippen LogP contribution is -2.38. The molecule has 0 saturated carbocycles. The first-order chi connectivity index (χ1) is 8.60. The monoisotopic (exact) mass is 287 g/mol. The van der Waals surface area contributed by atoms with Crippen LogP contribution in [-0.2, 0) is 10.0 Å². The molecule has 0 aliphatic carbocycles. The second-order valence-electron chi connectivity index (χ2n) is 5.27. The van der Waals surface area contributed by atoms with Crippen LogP contribution in [0.1, 0.15) is 27.7 Å². The summed E-state index contributed by atoms with van der Waals surface area (Å²) in [6.45, 7) is 6.83. The minimum atomic E-state index is -3.60. The number of benzene rings is 1. The van der Waals surface area contributed by atoms with Gasteiger partial charge >= 0.3 is 0 Å². The minimum absolute atomic E-state index is 0.0378. The van der Waals surface area contributed by atoms with Crippen LogP contribution in [0.2, 0.25) is 0 Å². The van der Waals surface area contributed by atoms with Crippen LogP contribution in [0.4, 0.5) is 0 Å². The molecule has 0 spiro atoms. The van der Waals surface area contributed by atoms with Gasteiger partial charge in [0.2, 0.25) is 10.0 Å². The van der Waals surface area contributed by atoms with E-state index in [-0.39, 0.29) is 17.5 Å². The standard InChI is InChI=1S/C13H21NO4S/c1-10(2)18-11-5-7-12(8-6-11)19(16,17)14-9-13(3,4)15/h5-8,10,14-15H,9H2,1-4H3. The summed E-state index contributed by atoms with van der Waals surface area (Å²) in [5, 5.41) is 9.52. The van der Waals surface area contributed by atoms with Crippen molar-refractivity contribution in [2.75, 3.05) is 6.54 Å². The summed E-state index contributed by atoms with van der Waals surface area (Å²) in [5.74, 6) is 0.622. The van der Waals surface area contributed by atoms with Crippen molar-refractivity contribution in [1.82, 2.24) is 4.72 Å². The average molecular weight is 287 g/mol. The van der Waals surface area contributed by atoms with Crippen molar-refractivity contribution in [2.45, 2.75) is 44.3 Å². The Morgan fingerprint density at radius 3 is 2.21 bits per heavy atom. The molecule has 0 heterocycles. The molecule has 0 atom stereocenters. The van der Waals surface area contributed by atoms with E-state index in [0.29, 0.717) is 5.75 Å². The zero-order valence-corrected chi connectivity index (χ0v) is 12.5. The van der Waals surface area contributed by atoms with Gasteiger partial charge in [-0.1, -0.05) is 0 Å². The molecule has 0 radical (unpaired) electrons. The number of sulfonamides is 1. The van der Waals surface area contributed by atoms with E-state index in [1.54, 1.807) is 12.1 Å². The third-order valence-corrected chi connectivity index (χ3v) is 3.62. The van der Waals surface area contributed by atoms with Crippen molar-refractivity contribution in [1.29, 1.82) is 0 Å². The molecule has 6 heteroatoms. The van der Waals surface area contributed by atoms with Crippen LogP contribution in [0.25, 0.3) is 0 Å². The van der Waals surface area contributed by atoms with Crippen LogP contribution in [0.5, 0.6) is 5.75 Å². The Bertz CT molecular complexity index is 500. The van der Waals surface area contributed by atoms with Gasteiger partial charge in [0.1, 0.15) is 5.75 Å². The highest BCUT2D eigenvalue weighted by molar-refractivity contribution is 7.89. The Balaban J connectivity index is 2.79. The fourth-order valence-electron chi connectivity index (χ4n) is 1.32. The molecule has 0 saturated heterocycles. The molecule has 0 bridgehead atoms. The predicted molar refractivity (Wildman–Crippen MR) is 73.7 cm³/mol. The molecule has 0 aromatic heterocycles. The van der Waals surface area contributed by atoms with Gasteiger partial charge in [-0.2, -0.15) is 0 Å². The molecule has 0 amide bonds. The molecule has 1 aromatic rings. The highest BCUT2D eigenvalue weighted by Gasteiger charge is 2.19. The summed E-state index contributed by atoms with van der Waals surface area (Å²) in [6, 6.07) is 6.17. The molecule has 2 N–H and O–H groups in total. The first-order valence-electron chi connectivity index (χ1n) is 6.09. The van der Waals surface area contributed by atoms with E-state index < -0.39 is 15.6 Å². The van der Waals surface area contributed by atoms with Gasteiger partial charge in [-0.3, -0.25) is 0 Å². The van der Waals surface area contributed by atoms with E-state index in [1.807, 2.05) is 13.8 Å². The first-order valence-corrected chi connectivity index (χ1v) is 7.57. The van der Waals surface area contributed by atoms with Gasteiger partial charge in [0.05, 0.1) is 16.6 Å². The Morgan fingerprint density at radius 1 is 1.26 bits per heavy atom. The van der Waals surface area contributed by atoms with Crippen molar-refractivity contribution in [3.05, 3.63) is 24.3 Å². The van der Waals surface area contributed by atoms with Crippen LogP contribution in [0, 0.1) is 0 Å². The zero-order valence-electron chi connectivity index (χ0n) is 11.7. The minimum Gasteiger partial charge on any atom is -0.491 e. The number of nitrogens with one attached hydrogen (secondary N) is 1. The Kier molecular flexibility index (Phi) is 4.95. The SMILES string of the molecule is CC(C)Oc1ccc(S(=O)(=O)NCC(C)(C)O)cc1. The fraction of sp³-hybridized carbons (Fsp3) is 0.538. The maximum Gasteiger partial charge on any atom is 0.240 e. The maximum absolute atomic E-state index is 11.9. The Morgan fingerprint density at radius 2 is 1.79 bits per heavy atom. The highest BCUT2D eigenvalue weighted by atomic mass is 32.2. The van der Waals surface area contributed by atoms with Crippen molar-refractivity contribution in [3.63, 3.8) is 0 Å². The van der Waals surface area contributed by atoms with Crippen molar-refractivity contribution >= 4 is 10.0 Å². The third-order valence-electron chi connectivity index (χ3n) is 2.20. The lowest BCUT2D eigenvalue weighted by atomic mass is 10.1. The van der Waals surface area contributed by atoms with Crippen LogP contribution in [-0.4, -0.2) is 31.8 Å². The topological polar surface area (TPSA) is 75.6 Å². The largest absolute Gasteiger partial charge is 0.491 e. The highest BCUT2D eigenvalue weighted by Crippen LogP contribution is 2.17. The average Bonchev–Trinajstić information content (AvgIpc) is 2.26. The van der Waals surface area contributed by atoms with Crippen molar-refractivity contribution < 1.29 is 18.3 Å². The summed E-state index contributed by atoms with van der Waals surface area (Å²) in [4.78, 5) is 0.146. The fourth-order valence-corrected chi connectivity index (χ4v) is 2.53. The van der Waals surface area contributed by atoms with Crippen LogP contribution in [0.15, 0.2) is 29.2 Å². The zero-order chi connectivity index (χ0) is 14.7. The summed E-state index contributed by atoms with van der Waals surface area (Å²) in [5.41, 5.74) is -1.09. The number of rotatable bonds is 6.